The molecule has 1 atom stereocenters. The summed E-state index contributed by atoms with van der Waals surface area (Å²) in [7, 11) is 0. The second-order valence-corrected chi connectivity index (χ2v) is 5.94. The molecule has 23 heavy (non-hydrogen) atoms. The maximum absolute atomic E-state index is 12.0. The number of halogens is 1. The van der Waals surface area contributed by atoms with Crippen molar-refractivity contribution in [1.29, 1.82) is 0 Å². The van der Waals surface area contributed by atoms with E-state index < -0.39 is 5.97 Å². The van der Waals surface area contributed by atoms with Crippen LogP contribution in [0.5, 0.6) is 0 Å². The molecule has 5 nitrogen and oxygen atoms in total. The number of carboxylic acids is 1. The fourth-order valence-electron chi connectivity index (χ4n) is 2.89. The Morgan fingerprint density at radius 2 is 2.09 bits per heavy atom. The van der Waals surface area contributed by atoms with Crippen molar-refractivity contribution >= 4 is 24.3 Å². The molecular weight excluding hydrogens is 316 g/mol. The van der Waals surface area contributed by atoms with Gasteiger partial charge in [0.05, 0.1) is 12.5 Å². The molecule has 1 saturated heterocycles. The third-order valence-electron chi connectivity index (χ3n) is 4.20. The van der Waals surface area contributed by atoms with Crippen LogP contribution in [-0.2, 0) is 16.0 Å². The molecule has 1 aromatic rings. The Morgan fingerprint density at radius 3 is 2.78 bits per heavy atom. The second-order valence-electron chi connectivity index (χ2n) is 5.94. The lowest BCUT2D eigenvalue weighted by molar-refractivity contribution is -0.144. The van der Waals surface area contributed by atoms with Crippen molar-refractivity contribution in [1.82, 2.24) is 10.2 Å². The minimum atomic E-state index is -0.760. The van der Waals surface area contributed by atoms with Crippen LogP contribution in [0.25, 0.3) is 0 Å². The number of carboxylic acid groups (broad SMARTS) is 1. The number of nitrogens with zero attached hydrogens (tertiary/aromatic N) is 1. The van der Waals surface area contributed by atoms with E-state index in [4.69, 9.17) is 5.11 Å². The van der Waals surface area contributed by atoms with Crippen LogP contribution < -0.4 is 5.32 Å². The van der Waals surface area contributed by atoms with Gasteiger partial charge < -0.3 is 10.4 Å². The predicted octanol–water partition coefficient (Wildman–Crippen LogP) is 1.87. The van der Waals surface area contributed by atoms with E-state index in [9.17, 15) is 9.59 Å². The number of hydrogen-bond donors (Lipinski definition) is 2. The van der Waals surface area contributed by atoms with Crippen LogP contribution in [0.1, 0.15) is 24.0 Å². The van der Waals surface area contributed by atoms with Gasteiger partial charge in [0.25, 0.3) is 0 Å². The molecule has 1 heterocycles. The number of rotatable bonds is 6. The molecule has 1 aliphatic rings. The number of benzene rings is 1. The van der Waals surface area contributed by atoms with Crippen molar-refractivity contribution in [2.75, 3.05) is 26.2 Å². The Kier molecular flexibility index (Phi) is 8.06. The molecule has 1 aromatic carbocycles. The lowest BCUT2D eigenvalue weighted by Gasteiger charge is -2.29. The van der Waals surface area contributed by atoms with Gasteiger partial charge in [0.1, 0.15) is 0 Å². The number of carbonyl (C=O) groups is 2. The summed E-state index contributed by atoms with van der Waals surface area (Å²) >= 11 is 0. The molecule has 0 spiro atoms. The van der Waals surface area contributed by atoms with E-state index in [1.165, 1.54) is 11.1 Å². The summed E-state index contributed by atoms with van der Waals surface area (Å²) in [5, 5.41) is 12.0. The molecule has 1 amide bonds. The zero-order valence-corrected chi connectivity index (χ0v) is 14.3. The number of nitrogens with one attached hydrogen (secondary N) is 1. The SMILES string of the molecule is Cc1ccccc1CCNC(=O)CN1CCCC(C(=O)O)C1.Cl. The maximum Gasteiger partial charge on any atom is 0.307 e. The molecule has 128 valence electrons. The molecular formula is C17H25ClN2O3. The Hall–Kier alpha value is -1.59. The number of piperidine rings is 1. The Morgan fingerprint density at radius 1 is 1.35 bits per heavy atom. The highest BCUT2D eigenvalue weighted by Crippen LogP contribution is 2.16. The third kappa shape index (κ3) is 6.20. The minimum absolute atomic E-state index is 0. The summed E-state index contributed by atoms with van der Waals surface area (Å²) in [5.74, 6) is -1.13. The number of aliphatic carboxylic acids is 1. The highest BCUT2D eigenvalue weighted by atomic mass is 35.5. The van der Waals surface area contributed by atoms with Crippen LogP contribution in [-0.4, -0.2) is 48.1 Å². The second kappa shape index (κ2) is 9.53. The number of likely N-dealkylation sites (tertiary alicyclic amines) is 1. The quantitative estimate of drug-likeness (QED) is 0.829. The first-order valence-electron chi connectivity index (χ1n) is 7.82. The number of hydrogen-bond acceptors (Lipinski definition) is 3. The first kappa shape index (κ1) is 19.5. The van der Waals surface area contributed by atoms with Crippen LogP contribution >= 0.6 is 12.4 Å². The van der Waals surface area contributed by atoms with Gasteiger partial charge in [-0.05, 0) is 43.9 Å². The van der Waals surface area contributed by atoms with Crippen LogP contribution in [0.3, 0.4) is 0 Å². The molecule has 0 aliphatic carbocycles. The van der Waals surface area contributed by atoms with E-state index in [1.807, 2.05) is 17.0 Å². The monoisotopic (exact) mass is 340 g/mol. The average molecular weight is 341 g/mol. The zero-order valence-electron chi connectivity index (χ0n) is 13.5. The molecule has 6 heteroatoms. The summed E-state index contributed by atoms with van der Waals surface area (Å²) in [6.07, 6.45) is 2.37. The summed E-state index contributed by atoms with van der Waals surface area (Å²) in [4.78, 5) is 24.9. The molecule has 1 aliphatic heterocycles. The predicted molar refractivity (Wildman–Crippen MR) is 91.9 cm³/mol. The molecule has 2 rings (SSSR count). The first-order chi connectivity index (χ1) is 10.6. The molecule has 0 saturated carbocycles. The van der Waals surface area contributed by atoms with Crippen molar-refractivity contribution in [3.05, 3.63) is 35.4 Å². The number of amides is 1. The van der Waals surface area contributed by atoms with Gasteiger partial charge in [-0.15, -0.1) is 12.4 Å². The van der Waals surface area contributed by atoms with Crippen LogP contribution in [0.15, 0.2) is 24.3 Å². The van der Waals surface area contributed by atoms with Gasteiger partial charge in [0, 0.05) is 13.1 Å². The van der Waals surface area contributed by atoms with E-state index in [-0.39, 0.29) is 30.8 Å². The first-order valence-corrected chi connectivity index (χ1v) is 7.82. The standard InChI is InChI=1S/C17H24N2O3.ClH/c1-13-5-2-3-6-14(13)8-9-18-16(20)12-19-10-4-7-15(11-19)17(21)22;/h2-3,5-6,15H,4,7-12H2,1H3,(H,18,20)(H,21,22);1H. The van der Waals surface area contributed by atoms with Crippen molar-refractivity contribution in [3.8, 4) is 0 Å². The van der Waals surface area contributed by atoms with E-state index in [0.717, 1.165) is 19.4 Å². The van der Waals surface area contributed by atoms with Gasteiger partial charge in [0.15, 0.2) is 0 Å². The largest absolute Gasteiger partial charge is 0.481 e. The summed E-state index contributed by atoms with van der Waals surface area (Å²) in [6.45, 7) is 4.24. The van der Waals surface area contributed by atoms with Crippen molar-refractivity contribution in [2.45, 2.75) is 26.2 Å². The lowest BCUT2D eigenvalue weighted by atomic mass is 9.98. The van der Waals surface area contributed by atoms with Gasteiger partial charge in [-0.1, -0.05) is 24.3 Å². The summed E-state index contributed by atoms with van der Waals surface area (Å²) in [6, 6.07) is 8.15. The lowest BCUT2D eigenvalue weighted by Crippen LogP contribution is -2.44. The number of carbonyl (C=O) groups excluding carboxylic acids is 1. The molecule has 1 fully saturated rings. The summed E-state index contributed by atoms with van der Waals surface area (Å²) in [5.41, 5.74) is 2.48. The molecule has 1 unspecified atom stereocenters. The molecule has 0 aromatic heterocycles. The zero-order chi connectivity index (χ0) is 15.9. The summed E-state index contributed by atoms with van der Waals surface area (Å²) < 4.78 is 0. The molecule has 2 N–H and O–H groups in total. The maximum atomic E-state index is 12.0. The highest BCUT2D eigenvalue weighted by molar-refractivity contribution is 5.85. The van der Waals surface area contributed by atoms with Crippen molar-refractivity contribution in [3.63, 3.8) is 0 Å². The Labute approximate surface area is 143 Å². The van der Waals surface area contributed by atoms with Gasteiger partial charge in [-0.2, -0.15) is 0 Å². The third-order valence-corrected chi connectivity index (χ3v) is 4.20. The van der Waals surface area contributed by atoms with Crippen LogP contribution in [0.4, 0.5) is 0 Å². The molecule has 0 bridgehead atoms. The van der Waals surface area contributed by atoms with Crippen LogP contribution in [0, 0.1) is 12.8 Å². The smallest absolute Gasteiger partial charge is 0.307 e. The van der Waals surface area contributed by atoms with Gasteiger partial charge in [-0.3, -0.25) is 14.5 Å². The molecule has 0 radical (unpaired) electrons. The minimum Gasteiger partial charge on any atom is -0.481 e. The van der Waals surface area contributed by atoms with E-state index in [0.29, 0.717) is 19.5 Å². The normalized spacial score (nSPS) is 18.0. The Balaban J connectivity index is 0.00000264. The fourth-order valence-corrected chi connectivity index (χ4v) is 2.89. The fraction of sp³-hybridized carbons (Fsp3) is 0.529. The Bertz CT molecular complexity index is 536. The van der Waals surface area contributed by atoms with Crippen molar-refractivity contribution < 1.29 is 14.7 Å². The van der Waals surface area contributed by atoms with E-state index >= 15 is 0 Å². The van der Waals surface area contributed by atoms with Gasteiger partial charge in [0.2, 0.25) is 5.91 Å². The topological polar surface area (TPSA) is 69.6 Å². The van der Waals surface area contributed by atoms with Gasteiger partial charge >= 0.3 is 5.97 Å². The van der Waals surface area contributed by atoms with E-state index in [2.05, 4.69) is 24.4 Å². The number of aryl methyl sites for hydroxylation is 1. The van der Waals surface area contributed by atoms with Gasteiger partial charge in [-0.25, -0.2) is 0 Å². The highest BCUT2D eigenvalue weighted by Gasteiger charge is 2.26. The van der Waals surface area contributed by atoms with Crippen molar-refractivity contribution in [2.24, 2.45) is 5.92 Å². The van der Waals surface area contributed by atoms with Crippen LogP contribution in [0.2, 0.25) is 0 Å². The van der Waals surface area contributed by atoms with E-state index in [1.54, 1.807) is 0 Å². The average Bonchev–Trinajstić information content (AvgIpc) is 2.49.